The zero-order valence-corrected chi connectivity index (χ0v) is 17.4. The van der Waals surface area contributed by atoms with E-state index in [-0.39, 0.29) is 12.1 Å². The van der Waals surface area contributed by atoms with E-state index in [1.807, 2.05) is 41.9 Å². The number of ether oxygens (including phenoxy) is 1. The topological polar surface area (TPSA) is 88.8 Å². The molecule has 0 saturated heterocycles. The fraction of sp³-hybridized carbons (Fsp3) is 0.435. The quantitative estimate of drug-likeness (QED) is 0.580. The van der Waals surface area contributed by atoms with Crippen molar-refractivity contribution in [1.82, 2.24) is 14.6 Å². The van der Waals surface area contributed by atoms with E-state index in [1.165, 1.54) is 0 Å². The minimum atomic E-state index is -0.218. The predicted octanol–water partition coefficient (Wildman–Crippen LogP) is 3.67. The highest BCUT2D eigenvalue weighted by atomic mass is 16.5. The van der Waals surface area contributed by atoms with Crippen molar-refractivity contribution in [2.45, 2.75) is 50.7 Å². The van der Waals surface area contributed by atoms with Gasteiger partial charge in [0.25, 0.3) is 0 Å². The minimum absolute atomic E-state index is 0.0755. The zero-order chi connectivity index (χ0) is 21.1. The molecule has 0 spiro atoms. The van der Waals surface area contributed by atoms with Crippen molar-refractivity contribution in [3.8, 4) is 11.1 Å². The Balaban J connectivity index is 1.81. The van der Waals surface area contributed by atoms with Crippen LogP contribution in [0.2, 0.25) is 0 Å². The number of hydrogen-bond donors (Lipinski definition) is 2. The molecule has 0 radical (unpaired) electrons. The molecular weight excluding hydrogens is 380 g/mol. The maximum absolute atomic E-state index is 11.6. The molecule has 1 fully saturated rings. The van der Waals surface area contributed by atoms with Crippen LogP contribution in [-0.2, 0) is 4.74 Å². The molecule has 1 aromatic carbocycles. The van der Waals surface area contributed by atoms with Gasteiger partial charge in [-0.05, 0) is 44.2 Å². The van der Waals surface area contributed by atoms with Gasteiger partial charge in [0.05, 0.1) is 24.4 Å². The van der Waals surface area contributed by atoms with Crippen molar-refractivity contribution in [1.29, 1.82) is 0 Å². The molecule has 2 heterocycles. The van der Waals surface area contributed by atoms with E-state index in [9.17, 15) is 9.90 Å². The molecule has 3 aromatic rings. The summed E-state index contributed by atoms with van der Waals surface area (Å²) in [5, 5.41) is 18.0. The average molecular weight is 409 g/mol. The molecule has 1 saturated carbocycles. The molecular formula is C23H28N4O3. The maximum Gasteiger partial charge on any atom is 0.241 e. The van der Waals surface area contributed by atoms with Crippen molar-refractivity contribution in [2.75, 3.05) is 19.0 Å². The van der Waals surface area contributed by atoms with E-state index in [0.29, 0.717) is 24.0 Å². The number of anilines is 1. The highest BCUT2D eigenvalue weighted by Crippen LogP contribution is 2.38. The van der Waals surface area contributed by atoms with Gasteiger partial charge in [-0.1, -0.05) is 24.3 Å². The van der Waals surface area contributed by atoms with E-state index >= 15 is 0 Å². The Hall–Kier alpha value is -2.77. The van der Waals surface area contributed by atoms with Crippen LogP contribution in [0, 0.1) is 0 Å². The summed E-state index contributed by atoms with van der Waals surface area (Å²) >= 11 is 0. The second kappa shape index (κ2) is 8.93. The summed E-state index contributed by atoms with van der Waals surface area (Å²) in [4.78, 5) is 16.1. The summed E-state index contributed by atoms with van der Waals surface area (Å²) in [5.74, 6) is 0.840. The maximum atomic E-state index is 11.6. The zero-order valence-electron chi connectivity index (χ0n) is 17.4. The lowest BCUT2D eigenvalue weighted by atomic mass is 9.85. The van der Waals surface area contributed by atoms with Crippen LogP contribution in [-0.4, -0.2) is 51.9 Å². The standard InChI is InChI=1S/C23H28N4O3/c1-15(14-30-2)25-23-24-12-22-20(19-6-4-3-5-17(19)13-28)11-21(27(22)26-23)16-7-9-18(29)10-8-16/h3-6,11-13,15-16,18,29H,7-10,14H2,1-2H3,(H,25,26)/t15-,16-,18-/m0/s1. The van der Waals surface area contributed by atoms with Gasteiger partial charge in [-0.2, -0.15) is 0 Å². The Morgan fingerprint density at radius 1 is 1.27 bits per heavy atom. The third kappa shape index (κ3) is 4.08. The first kappa shape index (κ1) is 20.5. The van der Waals surface area contributed by atoms with Gasteiger partial charge in [0.2, 0.25) is 5.95 Å². The Labute approximate surface area is 176 Å². The number of nitrogens with zero attached hydrogens (tertiary/aromatic N) is 3. The number of carbonyl (C=O) groups is 1. The smallest absolute Gasteiger partial charge is 0.241 e. The van der Waals surface area contributed by atoms with E-state index in [2.05, 4.69) is 16.4 Å². The monoisotopic (exact) mass is 408 g/mol. The van der Waals surface area contributed by atoms with Crippen LogP contribution in [0.5, 0.6) is 0 Å². The fourth-order valence-corrected chi connectivity index (χ4v) is 4.32. The molecule has 2 aromatic heterocycles. The average Bonchev–Trinajstić information content (AvgIpc) is 3.13. The number of rotatable bonds is 7. The number of nitrogens with one attached hydrogen (secondary N) is 1. The summed E-state index contributed by atoms with van der Waals surface area (Å²) in [6, 6.07) is 9.80. The Morgan fingerprint density at radius 2 is 2.03 bits per heavy atom. The molecule has 30 heavy (non-hydrogen) atoms. The van der Waals surface area contributed by atoms with Gasteiger partial charge in [-0.15, -0.1) is 5.10 Å². The van der Waals surface area contributed by atoms with E-state index in [1.54, 1.807) is 7.11 Å². The molecule has 0 amide bonds. The minimum Gasteiger partial charge on any atom is -0.393 e. The van der Waals surface area contributed by atoms with Crippen LogP contribution in [0.4, 0.5) is 5.95 Å². The van der Waals surface area contributed by atoms with E-state index in [4.69, 9.17) is 9.84 Å². The SMILES string of the molecule is COC[C@H](C)Nc1ncc2c(-c3ccccc3C=O)cc([C@H]3CC[C@H](O)CC3)n2n1. The van der Waals surface area contributed by atoms with Crippen molar-refractivity contribution in [2.24, 2.45) is 0 Å². The van der Waals surface area contributed by atoms with Gasteiger partial charge in [0, 0.05) is 35.9 Å². The summed E-state index contributed by atoms with van der Waals surface area (Å²) in [7, 11) is 1.67. The lowest BCUT2D eigenvalue weighted by molar-refractivity contribution is 0.112. The highest BCUT2D eigenvalue weighted by molar-refractivity contribution is 5.93. The van der Waals surface area contributed by atoms with Gasteiger partial charge in [-0.25, -0.2) is 9.50 Å². The normalized spacial score (nSPS) is 20.2. The fourth-order valence-electron chi connectivity index (χ4n) is 4.32. The van der Waals surface area contributed by atoms with Crippen LogP contribution in [0.1, 0.15) is 54.6 Å². The molecule has 158 valence electrons. The molecule has 0 aliphatic heterocycles. The number of aliphatic hydroxyl groups is 1. The van der Waals surface area contributed by atoms with Gasteiger partial charge in [0.1, 0.15) is 0 Å². The van der Waals surface area contributed by atoms with Crippen molar-refractivity contribution in [3.05, 3.63) is 47.8 Å². The van der Waals surface area contributed by atoms with E-state index in [0.717, 1.165) is 54.3 Å². The summed E-state index contributed by atoms with van der Waals surface area (Å²) in [6.45, 7) is 2.57. The molecule has 1 aliphatic rings. The summed E-state index contributed by atoms with van der Waals surface area (Å²) < 4.78 is 7.15. The largest absolute Gasteiger partial charge is 0.393 e. The van der Waals surface area contributed by atoms with Crippen LogP contribution >= 0.6 is 0 Å². The van der Waals surface area contributed by atoms with E-state index < -0.39 is 0 Å². The molecule has 2 N–H and O–H groups in total. The first-order valence-electron chi connectivity index (χ1n) is 10.5. The van der Waals surface area contributed by atoms with Crippen molar-refractivity contribution < 1.29 is 14.6 Å². The molecule has 4 rings (SSSR count). The first-order chi connectivity index (χ1) is 14.6. The van der Waals surface area contributed by atoms with Crippen molar-refractivity contribution in [3.63, 3.8) is 0 Å². The van der Waals surface area contributed by atoms with Crippen molar-refractivity contribution >= 4 is 17.8 Å². The molecule has 0 bridgehead atoms. The Morgan fingerprint density at radius 3 is 2.77 bits per heavy atom. The third-order valence-electron chi connectivity index (χ3n) is 5.83. The molecule has 1 atom stereocenters. The number of aldehydes is 1. The Kier molecular flexibility index (Phi) is 6.11. The van der Waals surface area contributed by atoms with Crippen LogP contribution < -0.4 is 5.32 Å². The molecule has 7 nitrogen and oxygen atoms in total. The highest BCUT2D eigenvalue weighted by Gasteiger charge is 2.26. The number of fused-ring (bicyclic) bond motifs is 1. The summed E-state index contributed by atoms with van der Waals surface area (Å²) in [6.07, 6.45) is 5.89. The predicted molar refractivity (Wildman–Crippen MR) is 116 cm³/mol. The van der Waals surface area contributed by atoms with Crippen LogP contribution in [0.3, 0.4) is 0 Å². The van der Waals surface area contributed by atoms with Gasteiger partial charge in [0.15, 0.2) is 6.29 Å². The molecule has 1 aliphatic carbocycles. The number of hydrogen-bond acceptors (Lipinski definition) is 6. The third-order valence-corrected chi connectivity index (χ3v) is 5.83. The van der Waals surface area contributed by atoms with Gasteiger partial charge < -0.3 is 15.2 Å². The lowest BCUT2D eigenvalue weighted by Crippen LogP contribution is -2.23. The van der Waals surface area contributed by atoms with Gasteiger partial charge >= 0.3 is 0 Å². The second-order valence-corrected chi connectivity index (χ2v) is 8.07. The second-order valence-electron chi connectivity index (χ2n) is 8.07. The number of aliphatic hydroxyl groups excluding tert-OH is 1. The van der Waals surface area contributed by atoms with Gasteiger partial charge in [-0.3, -0.25) is 4.79 Å². The number of aromatic nitrogens is 3. The number of methoxy groups -OCH3 is 1. The summed E-state index contributed by atoms with van der Waals surface area (Å²) in [5.41, 5.74) is 4.44. The van der Waals surface area contributed by atoms with Crippen LogP contribution in [0.25, 0.3) is 16.6 Å². The number of carbonyl (C=O) groups excluding carboxylic acids is 1. The first-order valence-corrected chi connectivity index (χ1v) is 10.5. The molecule has 0 unspecified atom stereocenters. The lowest BCUT2D eigenvalue weighted by Gasteiger charge is -2.25. The number of benzene rings is 1. The molecule has 7 heteroatoms. The Bertz CT molecular complexity index is 1020. The van der Waals surface area contributed by atoms with Crippen LogP contribution in [0.15, 0.2) is 36.5 Å².